The average molecular weight is 347 g/mol. The van der Waals surface area contributed by atoms with Crippen molar-refractivity contribution < 1.29 is 9.53 Å². The Morgan fingerprint density at radius 1 is 1.27 bits per heavy atom. The van der Waals surface area contributed by atoms with E-state index in [1.54, 1.807) is 19.6 Å². The highest BCUT2D eigenvalue weighted by Crippen LogP contribution is 2.50. The van der Waals surface area contributed by atoms with Gasteiger partial charge in [0.2, 0.25) is 5.91 Å². The molecule has 0 saturated heterocycles. The second-order valence-corrected chi connectivity index (χ2v) is 6.55. The fraction of sp³-hybridized carbons (Fsp3) is 0.238. The van der Waals surface area contributed by atoms with Gasteiger partial charge in [0.15, 0.2) is 0 Å². The molecule has 0 unspecified atom stereocenters. The summed E-state index contributed by atoms with van der Waals surface area (Å²) in [6, 6.07) is 16.0. The Bertz CT molecular complexity index is 905. The summed E-state index contributed by atoms with van der Waals surface area (Å²) < 4.78 is 7.36. The fourth-order valence-electron chi connectivity index (χ4n) is 3.36. The van der Waals surface area contributed by atoms with Crippen molar-refractivity contribution in [1.82, 2.24) is 14.9 Å². The van der Waals surface area contributed by atoms with Crippen LogP contribution in [0.3, 0.4) is 0 Å². The SMILES string of the molecule is COc1ccccc1[C@H]1C[C@@H]1C(=O)NCc1cccc(-n2ccnc2)c1. The highest BCUT2D eigenvalue weighted by molar-refractivity contribution is 5.83. The summed E-state index contributed by atoms with van der Waals surface area (Å²) in [6.07, 6.45) is 6.29. The molecular formula is C21H21N3O2. The lowest BCUT2D eigenvalue weighted by molar-refractivity contribution is -0.122. The van der Waals surface area contributed by atoms with Crippen LogP contribution in [0.4, 0.5) is 0 Å². The molecule has 26 heavy (non-hydrogen) atoms. The van der Waals surface area contributed by atoms with Gasteiger partial charge in [0.1, 0.15) is 5.75 Å². The minimum Gasteiger partial charge on any atom is -0.496 e. The molecule has 2 aromatic carbocycles. The lowest BCUT2D eigenvalue weighted by Gasteiger charge is -2.09. The van der Waals surface area contributed by atoms with Gasteiger partial charge >= 0.3 is 0 Å². The third-order valence-corrected chi connectivity index (χ3v) is 4.85. The van der Waals surface area contributed by atoms with E-state index in [0.717, 1.165) is 29.0 Å². The van der Waals surface area contributed by atoms with Gasteiger partial charge in [-0.3, -0.25) is 4.79 Å². The standard InChI is InChI=1S/C21H21N3O2/c1-26-20-8-3-2-7-17(20)18-12-19(18)21(25)23-13-15-5-4-6-16(11-15)24-10-9-22-14-24/h2-11,14,18-19H,12-13H2,1H3,(H,23,25)/t18-,19+/m1/s1. The zero-order valence-corrected chi connectivity index (χ0v) is 14.6. The highest BCUT2D eigenvalue weighted by Gasteiger charge is 2.45. The molecule has 1 saturated carbocycles. The predicted octanol–water partition coefficient (Wildman–Crippen LogP) is 3.30. The number of aromatic nitrogens is 2. The number of nitrogens with one attached hydrogen (secondary N) is 1. The van der Waals surface area contributed by atoms with Crippen LogP contribution in [-0.2, 0) is 11.3 Å². The first-order valence-electron chi connectivity index (χ1n) is 8.74. The zero-order chi connectivity index (χ0) is 17.9. The van der Waals surface area contributed by atoms with Gasteiger partial charge in [0.05, 0.1) is 13.4 Å². The van der Waals surface area contributed by atoms with Gasteiger partial charge in [0.25, 0.3) is 0 Å². The van der Waals surface area contributed by atoms with E-state index in [4.69, 9.17) is 4.74 Å². The summed E-state index contributed by atoms with van der Waals surface area (Å²) in [5.41, 5.74) is 3.23. The summed E-state index contributed by atoms with van der Waals surface area (Å²) in [5.74, 6) is 1.25. The molecule has 1 amide bonds. The lowest BCUT2D eigenvalue weighted by Crippen LogP contribution is -2.25. The number of amides is 1. The summed E-state index contributed by atoms with van der Waals surface area (Å²) >= 11 is 0. The highest BCUT2D eigenvalue weighted by atomic mass is 16.5. The van der Waals surface area contributed by atoms with Crippen LogP contribution in [0.2, 0.25) is 0 Å². The molecule has 0 radical (unpaired) electrons. The quantitative estimate of drug-likeness (QED) is 0.744. The molecule has 1 heterocycles. The van der Waals surface area contributed by atoms with E-state index in [2.05, 4.69) is 16.4 Å². The van der Waals surface area contributed by atoms with Crippen molar-refractivity contribution >= 4 is 5.91 Å². The maximum atomic E-state index is 12.5. The number of para-hydroxylation sites is 1. The smallest absolute Gasteiger partial charge is 0.224 e. The molecule has 1 fully saturated rings. The van der Waals surface area contributed by atoms with Gasteiger partial charge in [-0.2, -0.15) is 0 Å². The van der Waals surface area contributed by atoms with Crippen LogP contribution < -0.4 is 10.1 Å². The molecule has 5 nitrogen and oxygen atoms in total. The lowest BCUT2D eigenvalue weighted by atomic mass is 10.1. The van der Waals surface area contributed by atoms with Crippen LogP contribution in [0.25, 0.3) is 5.69 Å². The van der Waals surface area contributed by atoms with Crippen molar-refractivity contribution in [3.8, 4) is 11.4 Å². The van der Waals surface area contributed by atoms with Crippen LogP contribution in [0.15, 0.2) is 67.3 Å². The van der Waals surface area contributed by atoms with E-state index >= 15 is 0 Å². The van der Waals surface area contributed by atoms with Crippen molar-refractivity contribution in [2.45, 2.75) is 18.9 Å². The Hall–Kier alpha value is -3.08. The van der Waals surface area contributed by atoms with Gasteiger partial charge < -0.3 is 14.6 Å². The number of methoxy groups -OCH3 is 1. The van der Waals surface area contributed by atoms with Gasteiger partial charge in [-0.25, -0.2) is 4.98 Å². The van der Waals surface area contributed by atoms with Gasteiger partial charge in [-0.05, 0) is 41.7 Å². The summed E-state index contributed by atoms with van der Waals surface area (Å²) in [6.45, 7) is 0.524. The molecule has 0 bridgehead atoms. The van der Waals surface area contributed by atoms with Crippen LogP contribution >= 0.6 is 0 Å². The Morgan fingerprint density at radius 3 is 2.96 bits per heavy atom. The molecular weight excluding hydrogens is 326 g/mol. The zero-order valence-electron chi connectivity index (χ0n) is 14.6. The van der Waals surface area contributed by atoms with Crippen molar-refractivity contribution in [2.75, 3.05) is 7.11 Å². The minimum atomic E-state index is 0.0307. The number of rotatable bonds is 6. The maximum Gasteiger partial charge on any atom is 0.224 e. The summed E-state index contributed by atoms with van der Waals surface area (Å²) in [7, 11) is 1.67. The van der Waals surface area contributed by atoms with E-state index in [-0.39, 0.29) is 17.7 Å². The second kappa shape index (κ2) is 7.04. The van der Waals surface area contributed by atoms with Gasteiger partial charge in [-0.1, -0.05) is 30.3 Å². The summed E-state index contributed by atoms with van der Waals surface area (Å²) in [4.78, 5) is 16.6. The molecule has 4 rings (SSSR count). The topological polar surface area (TPSA) is 56.1 Å². The third-order valence-electron chi connectivity index (χ3n) is 4.85. The molecule has 0 aliphatic heterocycles. The van der Waals surface area contributed by atoms with E-state index in [9.17, 15) is 4.79 Å². The Balaban J connectivity index is 1.37. The molecule has 2 atom stereocenters. The Morgan fingerprint density at radius 2 is 2.15 bits per heavy atom. The molecule has 5 heteroatoms. The first-order valence-corrected chi connectivity index (χ1v) is 8.74. The predicted molar refractivity (Wildman–Crippen MR) is 99.3 cm³/mol. The number of benzene rings is 2. The molecule has 132 valence electrons. The Kier molecular flexibility index (Phi) is 4.44. The van der Waals surface area contributed by atoms with E-state index in [0.29, 0.717) is 6.54 Å². The van der Waals surface area contributed by atoms with Crippen LogP contribution in [0, 0.1) is 5.92 Å². The largest absolute Gasteiger partial charge is 0.496 e. The number of carbonyl (C=O) groups is 1. The van der Waals surface area contributed by atoms with E-state index in [1.165, 1.54) is 0 Å². The number of nitrogens with zero attached hydrogens (tertiary/aromatic N) is 2. The first-order chi connectivity index (χ1) is 12.8. The molecule has 1 aromatic heterocycles. The number of ether oxygens (including phenoxy) is 1. The third kappa shape index (κ3) is 3.33. The van der Waals surface area contributed by atoms with Crippen LogP contribution in [0.1, 0.15) is 23.5 Å². The number of imidazole rings is 1. The fourth-order valence-corrected chi connectivity index (χ4v) is 3.36. The van der Waals surface area contributed by atoms with Crippen molar-refractivity contribution in [1.29, 1.82) is 0 Å². The number of hydrogen-bond acceptors (Lipinski definition) is 3. The molecule has 1 aliphatic rings. The first kappa shape index (κ1) is 16.4. The van der Waals surface area contributed by atoms with Crippen molar-refractivity contribution in [3.05, 3.63) is 78.4 Å². The van der Waals surface area contributed by atoms with Crippen molar-refractivity contribution in [2.24, 2.45) is 5.92 Å². The van der Waals surface area contributed by atoms with Crippen LogP contribution in [0.5, 0.6) is 5.75 Å². The number of carbonyl (C=O) groups excluding carboxylic acids is 1. The van der Waals surface area contributed by atoms with E-state index in [1.807, 2.05) is 53.2 Å². The maximum absolute atomic E-state index is 12.5. The molecule has 1 aliphatic carbocycles. The van der Waals surface area contributed by atoms with Crippen molar-refractivity contribution in [3.63, 3.8) is 0 Å². The normalized spacial score (nSPS) is 18.3. The van der Waals surface area contributed by atoms with E-state index < -0.39 is 0 Å². The second-order valence-electron chi connectivity index (χ2n) is 6.55. The molecule has 0 spiro atoms. The van der Waals surface area contributed by atoms with Crippen LogP contribution in [-0.4, -0.2) is 22.6 Å². The monoisotopic (exact) mass is 347 g/mol. The number of hydrogen-bond donors (Lipinski definition) is 1. The Labute approximate surface area is 152 Å². The minimum absolute atomic E-state index is 0.0307. The molecule has 3 aromatic rings. The molecule has 1 N–H and O–H groups in total. The summed E-state index contributed by atoms with van der Waals surface area (Å²) in [5, 5.41) is 3.07. The van der Waals surface area contributed by atoms with Gasteiger partial charge in [0, 0.05) is 30.5 Å². The average Bonchev–Trinajstić information content (AvgIpc) is 3.30. The van der Waals surface area contributed by atoms with Gasteiger partial charge in [-0.15, -0.1) is 0 Å².